The van der Waals surface area contributed by atoms with Gasteiger partial charge in [-0.3, -0.25) is 0 Å². The number of aliphatic hydroxyl groups excluding tert-OH is 1. The summed E-state index contributed by atoms with van der Waals surface area (Å²) in [5.41, 5.74) is 1.99. The second kappa shape index (κ2) is 12.4. The van der Waals surface area contributed by atoms with Crippen LogP contribution in [-0.2, 0) is 20.9 Å². The number of aliphatic hydroxyl groups is 1. The van der Waals surface area contributed by atoms with Crippen LogP contribution >= 0.6 is 0 Å². The van der Waals surface area contributed by atoms with Gasteiger partial charge in [0.05, 0.1) is 26.4 Å². The lowest BCUT2D eigenvalue weighted by Crippen LogP contribution is -2.24. The van der Waals surface area contributed by atoms with E-state index in [0.717, 1.165) is 16.9 Å². The van der Waals surface area contributed by atoms with Crippen molar-refractivity contribution in [2.24, 2.45) is 5.92 Å². The van der Waals surface area contributed by atoms with E-state index in [0.29, 0.717) is 12.2 Å². The van der Waals surface area contributed by atoms with Crippen molar-refractivity contribution in [3.05, 3.63) is 65.3 Å². The number of carbonyl (C=O) groups excluding carboxylic acids is 1. The molecule has 5 heteroatoms. The number of allylic oxidation sites excluding steroid dienone is 4. The van der Waals surface area contributed by atoms with Gasteiger partial charge in [0.15, 0.2) is 0 Å². The monoisotopic (exact) mass is 416 g/mol. The minimum atomic E-state index is -0.510. The predicted octanol–water partition coefficient (Wildman–Crippen LogP) is 5.00. The van der Waals surface area contributed by atoms with Crippen LogP contribution < -0.4 is 4.74 Å². The number of benzene rings is 1. The van der Waals surface area contributed by atoms with Crippen LogP contribution in [-0.4, -0.2) is 36.5 Å². The SMILES string of the molecule is COc1ccc(CO[C@H](CO)[C@H](C)/C=C/C=C(C)/C=C(\C)C(=O)OC(C)(C)C)cc1. The summed E-state index contributed by atoms with van der Waals surface area (Å²) in [5.74, 6) is 0.500. The highest BCUT2D eigenvalue weighted by Crippen LogP contribution is 2.16. The first kappa shape index (κ1) is 25.7. The quantitative estimate of drug-likeness (QED) is 0.330. The lowest BCUT2D eigenvalue weighted by Gasteiger charge is -2.20. The van der Waals surface area contributed by atoms with Gasteiger partial charge in [-0.2, -0.15) is 0 Å². The van der Waals surface area contributed by atoms with E-state index < -0.39 is 5.60 Å². The van der Waals surface area contributed by atoms with Gasteiger partial charge in [0.25, 0.3) is 0 Å². The van der Waals surface area contributed by atoms with Crippen molar-refractivity contribution < 1.29 is 24.1 Å². The molecule has 0 aliphatic carbocycles. The van der Waals surface area contributed by atoms with Crippen LogP contribution in [0.1, 0.15) is 47.1 Å². The molecule has 1 rings (SSSR count). The fraction of sp³-hybridized carbons (Fsp3) is 0.480. The molecule has 2 atom stereocenters. The topological polar surface area (TPSA) is 65.0 Å². The third kappa shape index (κ3) is 9.90. The highest BCUT2D eigenvalue weighted by atomic mass is 16.6. The lowest BCUT2D eigenvalue weighted by molar-refractivity contribution is -0.149. The third-order valence-electron chi connectivity index (χ3n) is 4.33. The molecule has 0 amide bonds. The van der Waals surface area contributed by atoms with Crippen molar-refractivity contribution in [1.29, 1.82) is 0 Å². The smallest absolute Gasteiger partial charge is 0.334 e. The highest BCUT2D eigenvalue weighted by molar-refractivity contribution is 5.88. The van der Waals surface area contributed by atoms with Gasteiger partial charge < -0.3 is 19.3 Å². The van der Waals surface area contributed by atoms with E-state index in [9.17, 15) is 9.90 Å². The molecule has 0 aromatic heterocycles. The van der Waals surface area contributed by atoms with E-state index in [2.05, 4.69) is 0 Å². The summed E-state index contributed by atoms with van der Waals surface area (Å²) in [6, 6.07) is 7.66. The molecule has 0 unspecified atom stereocenters. The molecule has 0 bridgehead atoms. The van der Waals surface area contributed by atoms with Crippen LogP contribution in [0.4, 0.5) is 0 Å². The van der Waals surface area contributed by atoms with Gasteiger partial charge >= 0.3 is 5.97 Å². The summed E-state index contributed by atoms with van der Waals surface area (Å²) in [6.45, 7) is 11.6. The Labute approximate surface area is 181 Å². The van der Waals surface area contributed by atoms with E-state index >= 15 is 0 Å². The van der Waals surface area contributed by atoms with Crippen LogP contribution in [0, 0.1) is 5.92 Å². The van der Waals surface area contributed by atoms with Crippen molar-refractivity contribution in [2.75, 3.05) is 13.7 Å². The fourth-order valence-electron chi connectivity index (χ4n) is 2.61. The molecule has 1 aromatic carbocycles. The maximum atomic E-state index is 12.0. The molecule has 0 aliphatic rings. The molecule has 0 radical (unpaired) electrons. The fourth-order valence-corrected chi connectivity index (χ4v) is 2.61. The number of hydrogen-bond acceptors (Lipinski definition) is 5. The maximum absolute atomic E-state index is 12.0. The summed E-state index contributed by atoms with van der Waals surface area (Å²) in [4.78, 5) is 12.0. The molecule has 0 fully saturated rings. The van der Waals surface area contributed by atoms with Crippen LogP contribution in [0.25, 0.3) is 0 Å². The standard InChI is InChI=1S/C25H36O5/c1-18(15-20(3)24(27)30-25(4,5)6)9-8-10-19(2)23(16-26)29-17-21-11-13-22(28-7)14-12-21/h8-15,19,23,26H,16-17H2,1-7H3/b10-8+,18-9+,20-15+/t19-,23-/m1/s1. The number of carbonyl (C=O) groups is 1. The Morgan fingerprint density at radius 1 is 1.17 bits per heavy atom. The molecule has 166 valence electrons. The van der Waals surface area contributed by atoms with Gasteiger partial charge in [-0.25, -0.2) is 4.79 Å². The Balaban J connectivity index is 2.63. The zero-order chi connectivity index (χ0) is 22.7. The van der Waals surface area contributed by atoms with Crippen LogP contribution in [0.2, 0.25) is 0 Å². The summed E-state index contributed by atoms with van der Waals surface area (Å²) in [7, 11) is 1.63. The van der Waals surface area contributed by atoms with Crippen LogP contribution in [0.3, 0.4) is 0 Å². The molecule has 5 nitrogen and oxygen atoms in total. The Kier molecular flexibility index (Phi) is 10.6. The number of methoxy groups -OCH3 is 1. The van der Waals surface area contributed by atoms with E-state index in [1.165, 1.54) is 0 Å². The molecule has 30 heavy (non-hydrogen) atoms. The molecule has 1 N–H and O–H groups in total. The zero-order valence-corrected chi connectivity index (χ0v) is 19.3. The van der Waals surface area contributed by atoms with E-state index in [4.69, 9.17) is 14.2 Å². The predicted molar refractivity (Wildman–Crippen MR) is 120 cm³/mol. The lowest BCUT2D eigenvalue weighted by atomic mass is 10.0. The van der Waals surface area contributed by atoms with Gasteiger partial charge in [0.2, 0.25) is 0 Å². The van der Waals surface area contributed by atoms with Gasteiger partial charge in [-0.05, 0) is 58.4 Å². The molecule has 0 aliphatic heterocycles. The van der Waals surface area contributed by atoms with Crippen molar-refractivity contribution >= 4 is 5.97 Å². The van der Waals surface area contributed by atoms with Crippen molar-refractivity contribution in [1.82, 2.24) is 0 Å². The van der Waals surface area contributed by atoms with Gasteiger partial charge in [0.1, 0.15) is 11.4 Å². The van der Waals surface area contributed by atoms with E-state index in [-0.39, 0.29) is 24.6 Å². The Morgan fingerprint density at radius 3 is 2.33 bits per heavy atom. The van der Waals surface area contributed by atoms with E-state index in [1.54, 1.807) is 20.1 Å². The molecule has 0 heterocycles. The number of rotatable bonds is 10. The Bertz CT molecular complexity index is 751. The second-order valence-electron chi connectivity index (χ2n) is 8.36. The van der Waals surface area contributed by atoms with Crippen LogP contribution in [0.15, 0.2) is 59.7 Å². The molecular weight excluding hydrogens is 380 g/mol. The minimum absolute atomic E-state index is 0.0215. The summed E-state index contributed by atoms with van der Waals surface area (Å²) in [6.07, 6.45) is 7.30. The van der Waals surface area contributed by atoms with Crippen LogP contribution in [0.5, 0.6) is 5.75 Å². The molecule has 0 spiro atoms. The summed E-state index contributed by atoms with van der Waals surface area (Å²) < 4.78 is 16.4. The second-order valence-corrected chi connectivity index (χ2v) is 8.36. The molecule has 1 aromatic rings. The third-order valence-corrected chi connectivity index (χ3v) is 4.33. The first-order valence-electron chi connectivity index (χ1n) is 10.2. The maximum Gasteiger partial charge on any atom is 0.334 e. The zero-order valence-electron chi connectivity index (χ0n) is 19.3. The first-order valence-corrected chi connectivity index (χ1v) is 10.2. The van der Waals surface area contributed by atoms with Gasteiger partial charge in [-0.1, -0.05) is 42.9 Å². The van der Waals surface area contributed by atoms with Gasteiger partial charge in [0, 0.05) is 11.5 Å². The largest absolute Gasteiger partial charge is 0.497 e. The highest BCUT2D eigenvalue weighted by Gasteiger charge is 2.17. The average Bonchev–Trinajstić information content (AvgIpc) is 2.67. The van der Waals surface area contributed by atoms with Gasteiger partial charge in [-0.15, -0.1) is 0 Å². The molecule has 0 saturated carbocycles. The average molecular weight is 417 g/mol. The normalized spacial score (nSPS) is 15.2. The number of hydrogen-bond donors (Lipinski definition) is 1. The Morgan fingerprint density at radius 2 is 1.80 bits per heavy atom. The Hall–Kier alpha value is -2.37. The molecule has 0 saturated heterocycles. The molecular formula is C25H36O5. The summed E-state index contributed by atoms with van der Waals surface area (Å²) >= 11 is 0. The number of ether oxygens (including phenoxy) is 3. The van der Waals surface area contributed by atoms with E-state index in [1.807, 2.05) is 77.1 Å². The first-order chi connectivity index (χ1) is 14.1. The van der Waals surface area contributed by atoms with Crippen molar-refractivity contribution in [2.45, 2.75) is 59.9 Å². The van der Waals surface area contributed by atoms with Crippen molar-refractivity contribution in [3.63, 3.8) is 0 Å². The minimum Gasteiger partial charge on any atom is -0.497 e. The number of esters is 1. The summed E-state index contributed by atoms with van der Waals surface area (Å²) in [5, 5.41) is 9.68. The van der Waals surface area contributed by atoms with Crippen molar-refractivity contribution in [3.8, 4) is 5.75 Å².